The number of H-pyrrole nitrogens is 1. The summed E-state index contributed by atoms with van der Waals surface area (Å²) in [6.07, 6.45) is 0.981. The second-order valence-electron chi connectivity index (χ2n) is 4.77. The third kappa shape index (κ3) is 5.11. The molecule has 0 aromatic carbocycles. The van der Waals surface area contributed by atoms with Crippen molar-refractivity contribution in [2.24, 2.45) is 0 Å². The lowest BCUT2D eigenvalue weighted by Gasteiger charge is -2.12. The number of anilines is 1. The van der Waals surface area contributed by atoms with Crippen LogP contribution in [0.3, 0.4) is 0 Å². The van der Waals surface area contributed by atoms with E-state index in [1.807, 2.05) is 6.92 Å². The first-order chi connectivity index (χ1) is 11.4. The number of nitrogens with one attached hydrogen (secondary N) is 1. The molecule has 0 radical (unpaired) electrons. The fourth-order valence-electron chi connectivity index (χ4n) is 1.90. The van der Waals surface area contributed by atoms with Crippen molar-refractivity contribution in [1.29, 1.82) is 0 Å². The standard InChI is InChI=1S/C12H20N5O6P/c1-2-21-5-6-23-24(19,20)8-22-4-3-17-7-14-9-10(17)15-12(13)16-11(9)18/h7H,2-6,8H2,1H3,(H,19,20)(H3,13,15,16,18). The number of nitrogen functional groups attached to an aromatic ring is 1. The Balaban J connectivity index is 1.82. The summed E-state index contributed by atoms with van der Waals surface area (Å²) in [6, 6.07) is 0. The quantitative estimate of drug-likeness (QED) is 0.389. The van der Waals surface area contributed by atoms with Gasteiger partial charge >= 0.3 is 7.60 Å². The van der Waals surface area contributed by atoms with Crippen LogP contribution in [0.2, 0.25) is 0 Å². The molecule has 1 atom stereocenters. The first kappa shape index (κ1) is 18.6. The van der Waals surface area contributed by atoms with Crippen LogP contribution in [0.4, 0.5) is 5.95 Å². The zero-order valence-electron chi connectivity index (χ0n) is 13.2. The number of aromatic nitrogens is 4. The zero-order chi connectivity index (χ0) is 17.6. The van der Waals surface area contributed by atoms with E-state index in [2.05, 4.69) is 15.0 Å². The highest BCUT2D eigenvalue weighted by molar-refractivity contribution is 7.52. The molecule has 0 bridgehead atoms. The molecule has 24 heavy (non-hydrogen) atoms. The van der Waals surface area contributed by atoms with Gasteiger partial charge < -0.3 is 29.2 Å². The molecule has 134 valence electrons. The largest absolute Gasteiger partial charge is 0.379 e. The molecule has 0 saturated carbocycles. The Morgan fingerprint density at radius 1 is 1.38 bits per heavy atom. The average molecular weight is 361 g/mol. The number of fused-ring (bicyclic) bond motifs is 1. The van der Waals surface area contributed by atoms with E-state index in [4.69, 9.17) is 19.7 Å². The lowest BCUT2D eigenvalue weighted by atomic mass is 10.5. The molecular formula is C12H20N5O6P. The first-order valence-electron chi connectivity index (χ1n) is 7.25. The maximum absolute atomic E-state index is 11.7. The van der Waals surface area contributed by atoms with E-state index in [9.17, 15) is 14.3 Å². The average Bonchev–Trinajstić information content (AvgIpc) is 2.91. The Labute approximate surface area is 137 Å². The van der Waals surface area contributed by atoms with Crippen molar-refractivity contribution in [1.82, 2.24) is 19.5 Å². The van der Waals surface area contributed by atoms with Gasteiger partial charge in [-0.1, -0.05) is 0 Å². The third-order valence-electron chi connectivity index (χ3n) is 2.95. The van der Waals surface area contributed by atoms with Crippen LogP contribution >= 0.6 is 7.60 Å². The molecule has 2 rings (SSSR count). The van der Waals surface area contributed by atoms with Gasteiger partial charge in [0.25, 0.3) is 5.56 Å². The van der Waals surface area contributed by atoms with Crippen LogP contribution in [0.1, 0.15) is 6.92 Å². The lowest BCUT2D eigenvalue weighted by Crippen LogP contribution is -2.13. The highest BCUT2D eigenvalue weighted by atomic mass is 31.2. The van der Waals surface area contributed by atoms with E-state index in [1.54, 1.807) is 4.57 Å². The van der Waals surface area contributed by atoms with Crippen molar-refractivity contribution >= 4 is 24.7 Å². The number of nitrogens with zero attached hydrogens (tertiary/aromatic N) is 3. The predicted octanol–water partition coefficient (Wildman–Crippen LogP) is -0.0856. The molecule has 11 nitrogen and oxygen atoms in total. The number of imidazole rings is 1. The fraction of sp³-hybridized carbons (Fsp3) is 0.583. The summed E-state index contributed by atoms with van der Waals surface area (Å²) in [7, 11) is -3.82. The van der Waals surface area contributed by atoms with Crippen LogP contribution in [0.5, 0.6) is 0 Å². The number of ether oxygens (including phenoxy) is 2. The first-order valence-corrected chi connectivity index (χ1v) is 9.01. The van der Waals surface area contributed by atoms with Gasteiger partial charge in [-0.05, 0) is 6.92 Å². The Morgan fingerprint density at radius 3 is 2.92 bits per heavy atom. The molecule has 0 aliphatic heterocycles. The van der Waals surface area contributed by atoms with Gasteiger partial charge in [-0.15, -0.1) is 0 Å². The summed E-state index contributed by atoms with van der Waals surface area (Å²) < 4.78 is 28.3. The highest BCUT2D eigenvalue weighted by Gasteiger charge is 2.19. The second-order valence-corrected chi connectivity index (χ2v) is 6.56. The molecular weight excluding hydrogens is 341 g/mol. The van der Waals surface area contributed by atoms with Crippen LogP contribution in [0.25, 0.3) is 11.2 Å². The molecule has 0 saturated heterocycles. The van der Waals surface area contributed by atoms with Crippen LogP contribution in [-0.2, 0) is 25.1 Å². The summed E-state index contributed by atoms with van der Waals surface area (Å²) in [4.78, 5) is 31.5. The van der Waals surface area contributed by atoms with Gasteiger partial charge in [0.05, 0.1) is 26.1 Å². The Bertz CT molecular complexity index is 775. The van der Waals surface area contributed by atoms with Gasteiger partial charge in [0.15, 0.2) is 11.2 Å². The van der Waals surface area contributed by atoms with Crippen molar-refractivity contribution in [3.63, 3.8) is 0 Å². The molecule has 12 heteroatoms. The Hall–Kier alpha value is -1.78. The maximum Gasteiger partial charge on any atom is 0.353 e. The van der Waals surface area contributed by atoms with E-state index in [1.165, 1.54) is 6.33 Å². The van der Waals surface area contributed by atoms with E-state index in [0.717, 1.165) is 0 Å². The summed E-state index contributed by atoms with van der Waals surface area (Å²) in [5.74, 6) is -0.0160. The van der Waals surface area contributed by atoms with Crippen LogP contribution in [0.15, 0.2) is 11.1 Å². The third-order valence-corrected chi connectivity index (χ3v) is 4.04. The Morgan fingerprint density at radius 2 is 2.17 bits per heavy atom. The molecule has 4 N–H and O–H groups in total. The monoisotopic (exact) mass is 361 g/mol. The maximum atomic E-state index is 11.7. The topological polar surface area (TPSA) is 155 Å². The summed E-state index contributed by atoms with van der Waals surface area (Å²) in [5.41, 5.74) is 5.55. The molecule has 0 aliphatic rings. The van der Waals surface area contributed by atoms with Crippen LogP contribution in [-0.4, -0.2) is 57.2 Å². The molecule has 0 spiro atoms. The molecule has 0 amide bonds. The molecule has 2 heterocycles. The minimum atomic E-state index is -3.82. The summed E-state index contributed by atoms with van der Waals surface area (Å²) in [6.45, 7) is 2.98. The second kappa shape index (κ2) is 8.36. The zero-order valence-corrected chi connectivity index (χ0v) is 14.1. The summed E-state index contributed by atoms with van der Waals surface area (Å²) >= 11 is 0. The van der Waals surface area contributed by atoms with Gasteiger partial charge in [0, 0.05) is 13.2 Å². The minimum Gasteiger partial charge on any atom is -0.379 e. The molecule has 2 aromatic heterocycles. The van der Waals surface area contributed by atoms with Crippen molar-refractivity contribution in [3.05, 3.63) is 16.7 Å². The van der Waals surface area contributed by atoms with Crippen molar-refractivity contribution in [2.75, 3.05) is 38.5 Å². The van der Waals surface area contributed by atoms with Gasteiger partial charge in [0.1, 0.15) is 6.35 Å². The fourth-order valence-corrected chi connectivity index (χ4v) is 2.69. The lowest BCUT2D eigenvalue weighted by molar-refractivity contribution is 0.0931. The SMILES string of the molecule is CCOCCOP(=O)(O)COCCn1cnc2c(=O)[nH]c(N)nc21. The number of hydrogen-bond acceptors (Lipinski definition) is 8. The van der Waals surface area contributed by atoms with Gasteiger partial charge in [0.2, 0.25) is 5.95 Å². The molecule has 0 aliphatic carbocycles. The predicted molar refractivity (Wildman–Crippen MR) is 85.7 cm³/mol. The van der Waals surface area contributed by atoms with E-state index < -0.39 is 19.5 Å². The van der Waals surface area contributed by atoms with Gasteiger partial charge in [-0.2, -0.15) is 4.98 Å². The number of hydrogen-bond donors (Lipinski definition) is 3. The van der Waals surface area contributed by atoms with Crippen molar-refractivity contribution in [2.45, 2.75) is 13.5 Å². The van der Waals surface area contributed by atoms with E-state index in [0.29, 0.717) is 12.3 Å². The van der Waals surface area contributed by atoms with Crippen molar-refractivity contribution in [3.8, 4) is 0 Å². The smallest absolute Gasteiger partial charge is 0.353 e. The number of nitrogens with two attached hydrogens (primary N) is 1. The van der Waals surface area contributed by atoms with Gasteiger partial charge in [-0.3, -0.25) is 14.3 Å². The summed E-state index contributed by atoms with van der Waals surface area (Å²) in [5, 5.41) is 0. The van der Waals surface area contributed by atoms with E-state index >= 15 is 0 Å². The van der Waals surface area contributed by atoms with Crippen LogP contribution < -0.4 is 11.3 Å². The molecule has 2 aromatic rings. The molecule has 0 fully saturated rings. The number of rotatable bonds is 10. The van der Waals surface area contributed by atoms with Crippen molar-refractivity contribution < 1.29 is 23.5 Å². The van der Waals surface area contributed by atoms with E-state index in [-0.39, 0.29) is 37.8 Å². The normalized spacial score (nSPS) is 14.1. The van der Waals surface area contributed by atoms with Crippen LogP contribution in [0, 0.1) is 0 Å². The minimum absolute atomic E-state index is 0.0160. The number of aromatic amines is 1. The van der Waals surface area contributed by atoms with Gasteiger partial charge in [-0.25, -0.2) is 4.98 Å². The molecule has 1 unspecified atom stereocenters. The Kier molecular flexibility index (Phi) is 6.46. The highest BCUT2D eigenvalue weighted by Crippen LogP contribution is 2.41.